The van der Waals surface area contributed by atoms with Gasteiger partial charge in [-0.3, -0.25) is 19.8 Å². The van der Waals surface area contributed by atoms with Crippen LogP contribution in [0.15, 0.2) is 110 Å². The first kappa shape index (κ1) is 29.2. The standard InChI is InChI=1S/C32H35N5O4/c1-40-31(38)36(27-15-9-17-33-21-27)29(19-25-11-5-3-6-12-25)23-35-24-30(20-26-13-7-4-8-14-26)37(32(39)41-2)28-16-10-18-34-22-28/h3-18,21-22,29-30,35H,19-20,23-24H2,1-2H3/t29-,30-/m0/s1. The number of nitrogens with zero attached hydrogens (tertiary/aromatic N) is 4. The summed E-state index contributed by atoms with van der Waals surface area (Å²) in [6.07, 6.45) is 6.81. The largest absolute Gasteiger partial charge is 0.452 e. The Hall–Kier alpha value is -4.76. The lowest BCUT2D eigenvalue weighted by molar-refractivity contribution is 0.175. The predicted molar refractivity (Wildman–Crippen MR) is 159 cm³/mol. The molecule has 0 saturated heterocycles. The Morgan fingerprint density at radius 1 is 0.659 bits per heavy atom. The number of nitrogens with one attached hydrogen (secondary N) is 1. The minimum Gasteiger partial charge on any atom is -0.452 e. The lowest BCUT2D eigenvalue weighted by atomic mass is 10.0. The average Bonchev–Trinajstić information content (AvgIpc) is 3.03. The molecule has 9 nitrogen and oxygen atoms in total. The molecule has 0 spiro atoms. The van der Waals surface area contributed by atoms with E-state index in [1.165, 1.54) is 14.2 Å². The number of carbonyl (C=O) groups excluding carboxylic acids is 2. The zero-order valence-corrected chi connectivity index (χ0v) is 23.3. The maximum atomic E-state index is 13.1. The van der Waals surface area contributed by atoms with Crippen molar-refractivity contribution in [3.05, 3.63) is 121 Å². The Balaban J connectivity index is 1.62. The molecular formula is C32H35N5O4. The van der Waals surface area contributed by atoms with Crippen molar-refractivity contribution in [3.8, 4) is 0 Å². The van der Waals surface area contributed by atoms with Gasteiger partial charge in [0.05, 0.1) is 50.1 Å². The normalized spacial score (nSPS) is 12.1. The van der Waals surface area contributed by atoms with Gasteiger partial charge in [0.15, 0.2) is 0 Å². The van der Waals surface area contributed by atoms with Crippen LogP contribution < -0.4 is 15.1 Å². The van der Waals surface area contributed by atoms with Crippen molar-refractivity contribution in [2.24, 2.45) is 0 Å². The van der Waals surface area contributed by atoms with Crippen molar-refractivity contribution < 1.29 is 19.1 Å². The van der Waals surface area contributed by atoms with Crippen LogP contribution in [-0.2, 0) is 22.3 Å². The molecule has 2 aromatic carbocycles. The van der Waals surface area contributed by atoms with Gasteiger partial charge in [-0.2, -0.15) is 0 Å². The molecule has 0 bridgehead atoms. The Labute approximate surface area is 240 Å². The maximum absolute atomic E-state index is 13.1. The Kier molecular flexibility index (Phi) is 10.8. The van der Waals surface area contributed by atoms with Gasteiger partial charge in [0.25, 0.3) is 0 Å². The van der Waals surface area contributed by atoms with Gasteiger partial charge < -0.3 is 14.8 Å². The van der Waals surface area contributed by atoms with Gasteiger partial charge in [0.2, 0.25) is 0 Å². The zero-order chi connectivity index (χ0) is 28.9. The lowest BCUT2D eigenvalue weighted by Crippen LogP contribution is -2.52. The quantitative estimate of drug-likeness (QED) is 0.260. The molecule has 0 aliphatic heterocycles. The average molecular weight is 554 g/mol. The highest BCUT2D eigenvalue weighted by atomic mass is 16.5. The number of carbonyl (C=O) groups is 2. The summed E-state index contributed by atoms with van der Waals surface area (Å²) in [6.45, 7) is 0.846. The van der Waals surface area contributed by atoms with Crippen molar-refractivity contribution in [1.29, 1.82) is 0 Å². The van der Waals surface area contributed by atoms with Gasteiger partial charge in [-0.1, -0.05) is 60.7 Å². The molecule has 2 aromatic heterocycles. The smallest absolute Gasteiger partial charge is 0.414 e. The van der Waals surface area contributed by atoms with Crippen LogP contribution >= 0.6 is 0 Å². The van der Waals surface area contributed by atoms with Crippen LogP contribution in [0.4, 0.5) is 21.0 Å². The summed E-state index contributed by atoms with van der Waals surface area (Å²) >= 11 is 0. The molecule has 4 aromatic rings. The van der Waals surface area contributed by atoms with E-state index in [4.69, 9.17) is 9.47 Å². The zero-order valence-electron chi connectivity index (χ0n) is 23.3. The Morgan fingerprint density at radius 3 is 1.41 bits per heavy atom. The molecule has 9 heteroatoms. The number of hydrogen-bond donors (Lipinski definition) is 1. The summed E-state index contributed by atoms with van der Waals surface area (Å²) in [4.78, 5) is 37.8. The number of anilines is 2. The molecule has 2 atom stereocenters. The second kappa shape index (κ2) is 15.1. The lowest BCUT2D eigenvalue weighted by Gasteiger charge is -2.33. The monoisotopic (exact) mass is 553 g/mol. The molecule has 0 unspecified atom stereocenters. The number of methoxy groups -OCH3 is 2. The first-order valence-electron chi connectivity index (χ1n) is 13.4. The van der Waals surface area contributed by atoms with Crippen LogP contribution in [0.3, 0.4) is 0 Å². The SMILES string of the molecule is COC(=O)N(c1cccnc1)[C@H](CNC[C@H](Cc1ccccc1)N(C(=O)OC)c1cccnc1)Cc1ccccc1. The second-order valence-corrected chi connectivity index (χ2v) is 9.45. The van der Waals surface area contributed by atoms with E-state index >= 15 is 0 Å². The molecule has 2 amide bonds. The highest BCUT2D eigenvalue weighted by Gasteiger charge is 2.29. The van der Waals surface area contributed by atoms with E-state index in [1.807, 2.05) is 72.8 Å². The number of benzene rings is 2. The van der Waals surface area contributed by atoms with Gasteiger partial charge >= 0.3 is 12.2 Å². The van der Waals surface area contributed by atoms with E-state index in [2.05, 4.69) is 15.3 Å². The molecule has 4 rings (SSSR count). The molecular weight excluding hydrogens is 518 g/mol. The highest BCUT2D eigenvalue weighted by molar-refractivity contribution is 5.88. The van der Waals surface area contributed by atoms with Crippen LogP contribution in [0, 0.1) is 0 Å². The fourth-order valence-electron chi connectivity index (χ4n) is 4.82. The molecule has 2 heterocycles. The molecule has 1 N–H and O–H groups in total. The summed E-state index contributed by atoms with van der Waals surface area (Å²) in [5.74, 6) is 0. The van der Waals surface area contributed by atoms with Gasteiger partial charge in [-0.25, -0.2) is 9.59 Å². The van der Waals surface area contributed by atoms with Crippen molar-refractivity contribution in [3.63, 3.8) is 0 Å². The third-order valence-corrected chi connectivity index (χ3v) is 6.71. The molecule has 0 radical (unpaired) electrons. The van der Waals surface area contributed by atoms with Crippen LogP contribution in [0.2, 0.25) is 0 Å². The summed E-state index contributed by atoms with van der Waals surface area (Å²) in [7, 11) is 2.74. The number of aromatic nitrogens is 2. The number of hydrogen-bond acceptors (Lipinski definition) is 7. The van der Waals surface area contributed by atoms with E-state index in [0.29, 0.717) is 37.3 Å². The minimum atomic E-state index is -0.479. The van der Waals surface area contributed by atoms with Crippen molar-refractivity contribution in [1.82, 2.24) is 15.3 Å². The van der Waals surface area contributed by atoms with E-state index in [9.17, 15) is 9.59 Å². The third kappa shape index (κ3) is 8.12. The van der Waals surface area contributed by atoms with Crippen LogP contribution in [0.1, 0.15) is 11.1 Å². The highest BCUT2D eigenvalue weighted by Crippen LogP contribution is 2.22. The predicted octanol–water partition coefficient (Wildman–Crippen LogP) is 5.13. The first-order valence-corrected chi connectivity index (χ1v) is 13.4. The van der Waals surface area contributed by atoms with E-state index in [-0.39, 0.29) is 12.1 Å². The van der Waals surface area contributed by atoms with Crippen LogP contribution in [-0.4, -0.2) is 61.5 Å². The Bertz CT molecular complexity index is 1240. The minimum absolute atomic E-state index is 0.309. The van der Waals surface area contributed by atoms with Crippen molar-refractivity contribution >= 4 is 23.6 Å². The van der Waals surface area contributed by atoms with E-state index in [1.54, 1.807) is 46.7 Å². The molecule has 0 aliphatic rings. The fourth-order valence-corrected chi connectivity index (χ4v) is 4.82. The first-order chi connectivity index (χ1) is 20.1. The topological polar surface area (TPSA) is 96.9 Å². The summed E-state index contributed by atoms with van der Waals surface area (Å²) in [6, 6.07) is 26.6. The fraction of sp³-hybridized carbons (Fsp3) is 0.250. The van der Waals surface area contributed by atoms with Crippen molar-refractivity contribution in [2.45, 2.75) is 24.9 Å². The summed E-state index contributed by atoms with van der Waals surface area (Å²) in [5.41, 5.74) is 3.41. The van der Waals surface area contributed by atoms with Crippen molar-refractivity contribution in [2.75, 3.05) is 37.1 Å². The number of amides is 2. The maximum Gasteiger partial charge on any atom is 0.414 e. The number of ether oxygens (including phenoxy) is 2. The summed E-state index contributed by atoms with van der Waals surface area (Å²) < 4.78 is 10.4. The molecule has 0 aliphatic carbocycles. The number of rotatable bonds is 12. The van der Waals surface area contributed by atoms with Gasteiger partial charge in [-0.05, 0) is 48.2 Å². The summed E-state index contributed by atoms with van der Waals surface area (Å²) in [5, 5.41) is 3.54. The van der Waals surface area contributed by atoms with Gasteiger partial charge in [0.1, 0.15) is 0 Å². The molecule has 212 valence electrons. The Morgan fingerprint density at radius 2 is 1.07 bits per heavy atom. The van der Waals surface area contributed by atoms with Crippen LogP contribution in [0.5, 0.6) is 0 Å². The van der Waals surface area contributed by atoms with Crippen LogP contribution in [0.25, 0.3) is 0 Å². The third-order valence-electron chi connectivity index (χ3n) is 6.71. The van der Waals surface area contributed by atoms with Gasteiger partial charge in [0, 0.05) is 25.5 Å². The molecule has 0 fully saturated rings. The van der Waals surface area contributed by atoms with E-state index in [0.717, 1.165) is 11.1 Å². The number of pyridine rings is 2. The second-order valence-electron chi connectivity index (χ2n) is 9.45. The molecule has 0 saturated carbocycles. The van der Waals surface area contributed by atoms with E-state index < -0.39 is 12.2 Å². The molecule has 41 heavy (non-hydrogen) atoms. The van der Waals surface area contributed by atoms with Gasteiger partial charge in [-0.15, -0.1) is 0 Å².